The van der Waals surface area contributed by atoms with Crippen LogP contribution in [0.25, 0.3) is 0 Å². The summed E-state index contributed by atoms with van der Waals surface area (Å²) in [4.78, 5) is 12.1. The lowest BCUT2D eigenvalue weighted by atomic mass is 10.2. The van der Waals surface area contributed by atoms with Gasteiger partial charge in [0.1, 0.15) is 17.5 Å². The third kappa shape index (κ3) is 4.73. The number of para-hydroxylation sites is 2. The lowest BCUT2D eigenvalue weighted by Gasteiger charge is -2.15. The van der Waals surface area contributed by atoms with Crippen LogP contribution in [-0.2, 0) is 4.79 Å². The van der Waals surface area contributed by atoms with Gasteiger partial charge in [-0.2, -0.15) is 5.10 Å². The summed E-state index contributed by atoms with van der Waals surface area (Å²) in [6.45, 7) is 1.72. The van der Waals surface area contributed by atoms with Crippen molar-refractivity contribution in [3.63, 3.8) is 0 Å². The lowest BCUT2D eigenvalue weighted by Crippen LogP contribution is -2.35. The molecular formula is C17H18BrN3O3. The van der Waals surface area contributed by atoms with E-state index in [1.54, 1.807) is 38.3 Å². The van der Waals surface area contributed by atoms with Crippen molar-refractivity contribution in [3.05, 3.63) is 52.5 Å². The maximum atomic E-state index is 12.1. The van der Waals surface area contributed by atoms with E-state index in [9.17, 15) is 9.90 Å². The Balaban J connectivity index is 1.96. The van der Waals surface area contributed by atoms with Crippen molar-refractivity contribution in [3.8, 4) is 11.5 Å². The number of benzene rings is 2. The Morgan fingerprint density at radius 1 is 1.33 bits per heavy atom. The Morgan fingerprint density at radius 2 is 2.08 bits per heavy atom. The number of anilines is 1. The third-order valence-electron chi connectivity index (χ3n) is 3.24. The van der Waals surface area contributed by atoms with Crippen molar-refractivity contribution in [2.24, 2.45) is 5.10 Å². The van der Waals surface area contributed by atoms with Gasteiger partial charge in [0.05, 0.1) is 19.0 Å². The molecule has 1 amide bonds. The molecule has 1 atom stereocenters. The quantitative estimate of drug-likeness (QED) is 0.521. The van der Waals surface area contributed by atoms with Crippen molar-refractivity contribution >= 4 is 33.7 Å². The number of aromatic hydroxyl groups is 1. The van der Waals surface area contributed by atoms with E-state index in [2.05, 4.69) is 31.8 Å². The largest absolute Gasteiger partial charge is 0.507 e. The van der Waals surface area contributed by atoms with Crippen LogP contribution in [0.1, 0.15) is 12.5 Å². The molecule has 0 heterocycles. The van der Waals surface area contributed by atoms with Crippen LogP contribution in [0.2, 0.25) is 0 Å². The second kappa shape index (κ2) is 8.35. The highest BCUT2D eigenvalue weighted by molar-refractivity contribution is 9.10. The molecule has 2 rings (SSSR count). The molecule has 24 heavy (non-hydrogen) atoms. The van der Waals surface area contributed by atoms with Gasteiger partial charge in [-0.1, -0.05) is 28.1 Å². The third-order valence-corrected chi connectivity index (χ3v) is 3.73. The molecule has 2 aromatic rings. The van der Waals surface area contributed by atoms with Gasteiger partial charge in [-0.05, 0) is 37.3 Å². The molecule has 6 nitrogen and oxygen atoms in total. The average Bonchev–Trinajstić information content (AvgIpc) is 2.58. The number of nitrogens with zero attached hydrogens (tertiary/aromatic N) is 1. The van der Waals surface area contributed by atoms with Gasteiger partial charge in [-0.3, -0.25) is 4.79 Å². The highest BCUT2D eigenvalue weighted by Crippen LogP contribution is 2.23. The van der Waals surface area contributed by atoms with Gasteiger partial charge in [-0.15, -0.1) is 0 Å². The summed E-state index contributed by atoms with van der Waals surface area (Å²) in [5.41, 5.74) is 3.65. The normalized spacial score (nSPS) is 12.0. The molecule has 0 saturated carbocycles. The number of hydrogen-bond donors (Lipinski definition) is 3. The second-order valence-electron chi connectivity index (χ2n) is 5.00. The lowest BCUT2D eigenvalue weighted by molar-refractivity contribution is -0.121. The summed E-state index contributed by atoms with van der Waals surface area (Å²) in [5.74, 6) is 0.419. The molecule has 0 aliphatic rings. The van der Waals surface area contributed by atoms with Crippen LogP contribution in [0.4, 0.5) is 5.69 Å². The van der Waals surface area contributed by atoms with Crippen LogP contribution in [0, 0.1) is 0 Å². The topological polar surface area (TPSA) is 83.0 Å². The van der Waals surface area contributed by atoms with Gasteiger partial charge >= 0.3 is 0 Å². The van der Waals surface area contributed by atoms with Gasteiger partial charge in [0.2, 0.25) is 0 Å². The molecule has 0 radical (unpaired) electrons. The molecule has 0 aliphatic heterocycles. The fourth-order valence-corrected chi connectivity index (χ4v) is 2.33. The van der Waals surface area contributed by atoms with E-state index < -0.39 is 6.04 Å². The summed E-state index contributed by atoms with van der Waals surface area (Å²) < 4.78 is 6.04. The van der Waals surface area contributed by atoms with Crippen molar-refractivity contribution in [2.75, 3.05) is 12.4 Å². The predicted molar refractivity (Wildman–Crippen MR) is 97.6 cm³/mol. The van der Waals surface area contributed by atoms with Crippen LogP contribution in [0.3, 0.4) is 0 Å². The molecular weight excluding hydrogens is 374 g/mol. The first kappa shape index (κ1) is 17.8. The van der Waals surface area contributed by atoms with Crippen molar-refractivity contribution in [1.82, 2.24) is 5.43 Å². The Kier molecular flexibility index (Phi) is 6.20. The van der Waals surface area contributed by atoms with Crippen LogP contribution >= 0.6 is 15.9 Å². The van der Waals surface area contributed by atoms with Crippen LogP contribution in [-0.4, -0.2) is 30.4 Å². The highest BCUT2D eigenvalue weighted by atomic mass is 79.9. The van der Waals surface area contributed by atoms with E-state index in [4.69, 9.17) is 4.74 Å². The summed E-state index contributed by atoms with van der Waals surface area (Å²) in [6.07, 6.45) is 1.38. The number of phenolic OH excluding ortho intramolecular Hbond substituents is 1. The van der Waals surface area contributed by atoms with Gasteiger partial charge in [0.15, 0.2) is 0 Å². The van der Waals surface area contributed by atoms with Crippen molar-refractivity contribution in [2.45, 2.75) is 13.0 Å². The summed E-state index contributed by atoms with van der Waals surface area (Å²) >= 11 is 3.31. The summed E-state index contributed by atoms with van der Waals surface area (Å²) in [6, 6.07) is 11.8. The second-order valence-corrected chi connectivity index (χ2v) is 5.92. The van der Waals surface area contributed by atoms with E-state index >= 15 is 0 Å². The van der Waals surface area contributed by atoms with Gasteiger partial charge in [0.25, 0.3) is 5.91 Å². The number of phenols is 1. The smallest absolute Gasteiger partial charge is 0.262 e. The van der Waals surface area contributed by atoms with E-state index in [1.807, 2.05) is 18.2 Å². The minimum absolute atomic E-state index is 0.0800. The van der Waals surface area contributed by atoms with Gasteiger partial charge < -0.3 is 15.2 Å². The van der Waals surface area contributed by atoms with Gasteiger partial charge in [0, 0.05) is 10.0 Å². The molecule has 0 saturated heterocycles. The predicted octanol–water partition coefficient (Wildman–Crippen LogP) is 3.11. The number of rotatable bonds is 6. The van der Waals surface area contributed by atoms with E-state index in [0.29, 0.717) is 11.3 Å². The number of halogens is 1. The minimum atomic E-state index is -0.519. The minimum Gasteiger partial charge on any atom is -0.507 e. The first-order valence-corrected chi connectivity index (χ1v) is 8.01. The molecule has 0 spiro atoms. The first-order valence-electron chi connectivity index (χ1n) is 7.22. The summed E-state index contributed by atoms with van der Waals surface area (Å²) in [5, 5.41) is 16.6. The number of methoxy groups -OCH3 is 1. The Bertz CT molecular complexity index is 750. The van der Waals surface area contributed by atoms with Crippen molar-refractivity contribution in [1.29, 1.82) is 0 Å². The Morgan fingerprint density at radius 3 is 2.83 bits per heavy atom. The molecule has 0 aromatic heterocycles. The molecule has 126 valence electrons. The van der Waals surface area contributed by atoms with E-state index in [-0.39, 0.29) is 11.7 Å². The number of amides is 1. The molecule has 0 aliphatic carbocycles. The average molecular weight is 392 g/mol. The Labute approximate surface area is 148 Å². The fourth-order valence-electron chi connectivity index (χ4n) is 1.95. The van der Waals surface area contributed by atoms with E-state index in [1.165, 1.54) is 6.21 Å². The number of carbonyl (C=O) groups excluding carboxylic acids is 1. The van der Waals surface area contributed by atoms with E-state index in [0.717, 1.165) is 10.2 Å². The Hall–Kier alpha value is -2.54. The van der Waals surface area contributed by atoms with Crippen LogP contribution in [0.5, 0.6) is 11.5 Å². The molecule has 0 fully saturated rings. The SMILES string of the molecule is COc1ccccc1N[C@@H](C)C(=O)N/N=C\c1cc(Br)ccc1O. The fraction of sp³-hybridized carbons (Fsp3) is 0.176. The molecule has 3 N–H and O–H groups in total. The number of ether oxygens (including phenoxy) is 1. The maximum Gasteiger partial charge on any atom is 0.262 e. The molecule has 0 bridgehead atoms. The monoisotopic (exact) mass is 391 g/mol. The first-order chi connectivity index (χ1) is 11.5. The number of hydrazone groups is 1. The summed E-state index contributed by atoms with van der Waals surface area (Å²) in [7, 11) is 1.57. The highest BCUT2D eigenvalue weighted by Gasteiger charge is 2.13. The number of carbonyl (C=O) groups is 1. The van der Waals surface area contributed by atoms with Crippen LogP contribution in [0.15, 0.2) is 52.0 Å². The van der Waals surface area contributed by atoms with Crippen LogP contribution < -0.4 is 15.5 Å². The zero-order valence-corrected chi connectivity index (χ0v) is 14.9. The molecule has 0 unspecified atom stereocenters. The molecule has 2 aromatic carbocycles. The van der Waals surface area contributed by atoms with Gasteiger partial charge in [-0.25, -0.2) is 5.43 Å². The number of hydrogen-bond acceptors (Lipinski definition) is 5. The molecule has 7 heteroatoms. The zero-order chi connectivity index (χ0) is 17.5. The maximum absolute atomic E-state index is 12.1. The zero-order valence-electron chi connectivity index (χ0n) is 13.3. The van der Waals surface area contributed by atoms with Crippen molar-refractivity contribution < 1.29 is 14.6 Å². The standard InChI is InChI=1S/C17H18BrN3O3/c1-11(20-14-5-3-4-6-16(14)24-2)17(23)21-19-10-12-9-13(18)7-8-15(12)22/h3-11,20,22H,1-2H3,(H,21,23)/b19-10-/t11-/m0/s1. The number of nitrogens with one attached hydrogen (secondary N) is 2.